The summed E-state index contributed by atoms with van der Waals surface area (Å²) < 4.78 is 13.6. The first-order valence-corrected chi connectivity index (χ1v) is 6.01. The standard InChI is InChI=1S/C14H14ClFN2/c1-9(10-3-2-4-11(15)7-10)18-14-6-5-12(17)8-13(14)16/h2-9,18H,17H2,1H3. The number of nitrogens with two attached hydrogens (primary N) is 1. The van der Waals surface area contributed by atoms with Gasteiger partial charge in [0.05, 0.1) is 5.69 Å². The molecule has 94 valence electrons. The molecule has 2 nitrogen and oxygen atoms in total. The van der Waals surface area contributed by atoms with Gasteiger partial charge in [-0.05, 0) is 42.8 Å². The minimum Gasteiger partial charge on any atom is -0.399 e. The lowest BCUT2D eigenvalue weighted by Gasteiger charge is -2.16. The number of nitrogen functional groups attached to an aromatic ring is 1. The van der Waals surface area contributed by atoms with E-state index in [0.29, 0.717) is 16.4 Å². The molecule has 2 aromatic rings. The Hall–Kier alpha value is -1.74. The van der Waals surface area contributed by atoms with Gasteiger partial charge in [-0.1, -0.05) is 23.7 Å². The summed E-state index contributed by atoms with van der Waals surface area (Å²) >= 11 is 5.93. The molecule has 0 aliphatic carbocycles. The summed E-state index contributed by atoms with van der Waals surface area (Å²) in [6, 6.07) is 12.0. The van der Waals surface area contributed by atoms with Gasteiger partial charge in [0.2, 0.25) is 0 Å². The van der Waals surface area contributed by atoms with Crippen LogP contribution in [0.2, 0.25) is 5.02 Å². The van der Waals surface area contributed by atoms with E-state index in [1.54, 1.807) is 12.1 Å². The van der Waals surface area contributed by atoms with Gasteiger partial charge in [-0.25, -0.2) is 4.39 Å². The molecule has 0 saturated carbocycles. The third kappa shape index (κ3) is 2.93. The molecule has 0 aromatic heterocycles. The molecule has 0 bridgehead atoms. The van der Waals surface area contributed by atoms with Gasteiger partial charge in [0.15, 0.2) is 0 Å². The maximum Gasteiger partial charge on any atom is 0.148 e. The highest BCUT2D eigenvalue weighted by Crippen LogP contribution is 2.24. The average Bonchev–Trinajstić information content (AvgIpc) is 2.32. The molecular formula is C14H14ClFN2. The van der Waals surface area contributed by atoms with Crippen molar-refractivity contribution in [2.45, 2.75) is 13.0 Å². The van der Waals surface area contributed by atoms with Crippen LogP contribution in [0.5, 0.6) is 0 Å². The predicted molar refractivity (Wildman–Crippen MR) is 74.3 cm³/mol. The summed E-state index contributed by atoms with van der Waals surface area (Å²) in [4.78, 5) is 0. The number of hydrogen-bond donors (Lipinski definition) is 2. The van der Waals surface area contributed by atoms with Crippen molar-refractivity contribution in [3.8, 4) is 0 Å². The fourth-order valence-electron chi connectivity index (χ4n) is 1.74. The number of nitrogens with one attached hydrogen (secondary N) is 1. The summed E-state index contributed by atoms with van der Waals surface area (Å²) in [5.41, 5.74) is 7.34. The zero-order valence-corrected chi connectivity index (χ0v) is 10.7. The van der Waals surface area contributed by atoms with Crippen LogP contribution in [-0.4, -0.2) is 0 Å². The number of rotatable bonds is 3. The Morgan fingerprint density at radius 2 is 2.00 bits per heavy atom. The first-order valence-electron chi connectivity index (χ1n) is 5.63. The van der Waals surface area contributed by atoms with Crippen LogP contribution in [0.1, 0.15) is 18.5 Å². The number of halogens is 2. The fourth-order valence-corrected chi connectivity index (χ4v) is 1.94. The lowest BCUT2D eigenvalue weighted by Crippen LogP contribution is -2.08. The van der Waals surface area contributed by atoms with E-state index in [2.05, 4.69) is 5.32 Å². The molecule has 2 rings (SSSR count). The molecule has 0 fully saturated rings. The molecule has 18 heavy (non-hydrogen) atoms. The van der Waals surface area contributed by atoms with Crippen molar-refractivity contribution in [3.05, 3.63) is 58.9 Å². The second-order valence-electron chi connectivity index (χ2n) is 4.16. The Labute approximate surface area is 111 Å². The van der Waals surface area contributed by atoms with Gasteiger partial charge in [-0.3, -0.25) is 0 Å². The van der Waals surface area contributed by atoms with E-state index in [1.807, 2.05) is 31.2 Å². The van der Waals surface area contributed by atoms with Gasteiger partial charge in [0.25, 0.3) is 0 Å². The highest BCUT2D eigenvalue weighted by Gasteiger charge is 2.09. The molecule has 0 saturated heterocycles. The van der Waals surface area contributed by atoms with Crippen LogP contribution in [0.3, 0.4) is 0 Å². The highest BCUT2D eigenvalue weighted by molar-refractivity contribution is 6.30. The van der Waals surface area contributed by atoms with E-state index >= 15 is 0 Å². The van der Waals surface area contributed by atoms with Crippen molar-refractivity contribution in [1.82, 2.24) is 0 Å². The minimum atomic E-state index is -0.358. The lowest BCUT2D eigenvalue weighted by molar-refractivity contribution is 0.628. The lowest BCUT2D eigenvalue weighted by atomic mass is 10.1. The normalized spacial score (nSPS) is 12.2. The van der Waals surface area contributed by atoms with E-state index in [1.165, 1.54) is 6.07 Å². The Morgan fingerprint density at radius 1 is 1.22 bits per heavy atom. The first-order chi connectivity index (χ1) is 8.56. The van der Waals surface area contributed by atoms with Gasteiger partial charge in [0.1, 0.15) is 5.82 Å². The summed E-state index contributed by atoms with van der Waals surface area (Å²) in [7, 11) is 0. The minimum absolute atomic E-state index is 0.0400. The van der Waals surface area contributed by atoms with Crippen LogP contribution >= 0.6 is 11.6 Å². The van der Waals surface area contributed by atoms with E-state index in [0.717, 1.165) is 5.56 Å². The maximum atomic E-state index is 13.6. The molecule has 3 N–H and O–H groups in total. The topological polar surface area (TPSA) is 38.0 Å². The van der Waals surface area contributed by atoms with Crippen molar-refractivity contribution in [2.75, 3.05) is 11.1 Å². The Balaban J connectivity index is 2.18. The third-order valence-corrected chi connectivity index (χ3v) is 2.95. The van der Waals surface area contributed by atoms with Crippen LogP contribution in [-0.2, 0) is 0 Å². The van der Waals surface area contributed by atoms with Crippen LogP contribution in [0.4, 0.5) is 15.8 Å². The molecule has 2 aromatic carbocycles. The van der Waals surface area contributed by atoms with Crippen LogP contribution < -0.4 is 11.1 Å². The fraction of sp³-hybridized carbons (Fsp3) is 0.143. The number of benzene rings is 2. The average molecular weight is 265 g/mol. The van der Waals surface area contributed by atoms with Crippen molar-refractivity contribution < 1.29 is 4.39 Å². The van der Waals surface area contributed by atoms with Gasteiger partial charge in [-0.15, -0.1) is 0 Å². The molecule has 0 spiro atoms. The molecule has 0 heterocycles. The Morgan fingerprint density at radius 3 is 2.67 bits per heavy atom. The quantitative estimate of drug-likeness (QED) is 0.814. The van der Waals surface area contributed by atoms with Crippen LogP contribution in [0, 0.1) is 5.82 Å². The molecule has 4 heteroatoms. The van der Waals surface area contributed by atoms with E-state index in [9.17, 15) is 4.39 Å². The number of anilines is 2. The molecule has 0 aliphatic rings. The first kappa shape index (κ1) is 12.7. The molecule has 0 aliphatic heterocycles. The van der Waals surface area contributed by atoms with Gasteiger partial charge in [-0.2, -0.15) is 0 Å². The molecule has 0 radical (unpaired) electrons. The van der Waals surface area contributed by atoms with Crippen LogP contribution in [0.25, 0.3) is 0 Å². The molecule has 0 amide bonds. The Bertz CT molecular complexity index is 557. The second kappa shape index (κ2) is 5.27. The number of hydrogen-bond acceptors (Lipinski definition) is 2. The zero-order chi connectivity index (χ0) is 13.1. The van der Waals surface area contributed by atoms with E-state index < -0.39 is 0 Å². The van der Waals surface area contributed by atoms with Crippen molar-refractivity contribution in [3.63, 3.8) is 0 Å². The van der Waals surface area contributed by atoms with E-state index in [4.69, 9.17) is 17.3 Å². The van der Waals surface area contributed by atoms with Crippen molar-refractivity contribution >= 4 is 23.0 Å². The van der Waals surface area contributed by atoms with E-state index in [-0.39, 0.29) is 11.9 Å². The molecule has 1 unspecified atom stereocenters. The second-order valence-corrected chi connectivity index (χ2v) is 4.60. The monoisotopic (exact) mass is 264 g/mol. The van der Waals surface area contributed by atoms with Crippen molar-refractivity contribution in [2.24, 2.45) is 0 Å². The Kier molecular flexibility index (Phi) is 3.72. The third-order valence-electron chi connectivity index (χ3n) is 2.71. The molecule has 1 atom stereocenters. The largest absolute Gasteiger partial charge is 0.399 e. The molecular weight excluding hydrogens is 251 g/mol. The van der Waals surface area contributed by atoms with Crippen LogP contribution in [0.15, 0.2) is 42.5 Å². The summed E-state index contributed by atoms with van der Waals surface area (Å²) in [6.07, 6.45) is 0. The summed E-state index contributed by atoms with van der Waals surface area (Å²) in [5, 5.41) is 3.76. The summed E-state index contributed by atoms with van der Waals surface area (Å²) in [5.74, 6) is -0.358. The van der Waals surface area contributed by atoms with Crippen molar-refractivity contribution in [1.29, 1.82) is 0 Å². The zero-order valence-electron chi connectivity index (χ0n) is 9.95. The maximum absolute atomic E-state index is 13.6. The smallest absolute Gasteiger partial charge is 0.148 e. The van der Waals surface area contributed by atoms with Gasteiger partial charge in [0, 0.05) is 16.8 Å². The SMILES string of the molecule is CC(Nc1ccc(N)cc1F)c1cccc(Cl)c1. The highest BCUT2D eigenvalue weighted by atomic mass is 35.5. The van der Waals surface area contributed by atoms with Gasteiger partial charge >= 0.3 is 0 Å². The predicted octanol–water partition coefficient (Wildman–Crippen LogP) is 4.23. The van der Waals surface area contributed by atoms with Gasteiger partial charge < -0.3 is 11.1 Å². The summed E-state index contributed by atoms with van der Waals surface area (Å²) in [6.45, 7) is 1.95.